The second-order valence-corrected chi connectivity index (χ2v) is 9.25. The molecule has 1 aliphatic heterocycles. The number of fused-ring (bicyclic) bond motifs is 2. The average Bonchev–Trinajstić information content (AvgIpc) is 2.72. The van der Waals surface area contributed by atoms with Crippen LogP contribution in [0.1, 0.15) is 24.2 Å². The van der Waals surface area contributed by atoms with Gasteiger partial charge in [-0.3, -0.25) is 9.69 Å². The Bertz CT molecular complexity index is 1210. The molecule has 4 rings (SSSR count). The summed E-state index contributed by atoms with van der Waals surface area (Å²) in [6, 6.07) is 13.3. The van der Waals surface area contributed by atoms with Gasteiger partial charge in [-0.2, -0.15) is 0 Å². The molecule has 3 aromatic rings. The number of amides is 1. The van der Waals surface area contributed by atoms with E-state index in [1.165, 1.54) is 24.3 Å². The number of para-hydroxylation sites is 2. The molecule has 2 heterocycles. The molecule has 0 bridgehead atoms. The molecule has 0 atom stereocenters. The number of sulfonamides is 1. The van der Waals surface area contributed by atoms with Crippen LogP contribution < -0.4 is 14.5 Å². The van der Waals surface area contributed by atoms with Gasteiger partial charge in [-0.05, 0) is 50.2 Å². The second kappa shape index (κ2) is 7.66. The molecular weight excluding hydrogens is 402 g/mol. The third-order valence-corrected chi connectivity index (χ3v) is 6.53. The highest BCUT2D eigenvalue weighted by Crippen LogP contribution is 2.31. The van der Waals surface area contributed by atoms with Gasteiger partial charge in [0.25, 0.3) is 5.91 Å². The summed E-state index contributed by atoms with van der Waals surface area (Å²) < 4.78 is 27.2. The predicted octanol–water partition coefficient (Wildman–Crippen LogP) is 2.41. The van der Waals surface area contributed by atoms with Crippen molar-refractivity contribution in [3.63, 3.8) is 0 Å². The first-order valence-corrected chi connectivity index (χ1v) is 11.2. The topological polar surface area (TPSA) is 95.5 Å². The highest BCUT2D eigenvalue weighted by molar-refractivity contribution is 7.89. The van der Waals surface area contributed by atoms with Crippen LogP contribution in [0.3, 0.4) is 0 Å². The molecule has 0 spiro atoms. The van der Waals surface area contributed by atoms with Crippen LogP contribution in [0.5, 0.6) is 0 Å². The van der Waals surface area contributed by atoms with Gasteiger partial charge in [0.2, 0.25) is 10.0 Å². The van der Waals surface area contributed by atoms with Crippen LogP contribution in [0, 0.1) is 0 Å². The van der Waals surface area contributed by atoms with Crippen molar-refractivity contribution in [3.8, 4) is 0 Å². The van der Waals surface area contributed by atoms with Gasteiger partial charge in [0.15, 0.2) is 11.6 Å². The number of rotatable bonds is 4. The lowest BCUT2D eigenvalue weighted by Gasteiger charge is -2.33. The SMILES string of the molecule is CC(C)NS(=O)(=O)c1ccc(C(=O)N2CCN(C)c3nc4ccccc4nc32)cc1. The van der Waals surface area contributed by atoms with E-state index in [2.05, 4.69) is 14.7 Å². The Labute approximate surface area is 175 Å². The van der Waals surface area contributed by atoms with Crippen molar-refractivity contribution in [2.45, 2.75) is 24.8 Å². The number of benzene rings is 2. The average molecular weight is 426 g/mol. The zero-order valence-corrected chi connectivity index (χ0v) is 17.8. The predicted molar refractivity (Wildman–Crippen MR) is 116 cm³/mol. The van der Waals surface area contributed by atoms with E-state index in [1.807, 2.05) is 36.2 Å². The Morgan fingerprint density at radius 1 is 0.967 bits per heavy atom. The molecule has 0 aliphatic carbocycles. The largest absolute Gasteiger partial charge is 0.355 e. The molecule has 1 aliphatic rings. The van der Waals surface area contributed by atoms with E-state index in [4.69, 9.17) is 0 Å². The number of likely N-dealkylation sites (N-methyl/N-ethyl adjacent to an activating group) is 1. The van der Waals surface area contributed by atoms with E-state index in [1.54, 1.807) is 18.7 Å². The van der Waals surface area contributed by atoms with Gasteiger partial charge in [0, 0.05) is 31.7 Å². The minimum absolute atomic E-state index is 0.123. The molecule has 0 radical (unpaired) electrons. The van der Waals surface area contributed by atoms with Crippen LogP contribution in [0.4, 0.5) is 11.6 Å². The third kappa shape index (κ3) is 3.73. The van der Waals surface area contributed by atoms with E-state index < -0.39 is 10.0 Å². The molecule has 0 fully saturated rings. The van der Waals surface area contributed by atoms with Crippen molar-refractivity contribution in [1.82, 2.24) is 14.7 Å². The Kier molecular flexibility index (Phi) is 5.17. The quantitative estimate of drug-likeness (QED) is 0.690. The summed E-state index contributed by atoms with van der Waals surface area (Å²) in [5.74, 6) is 0.911. The summed E-state index contributed by atoms with van der Waals surface area (Å²) in [6.07, 6.45) is 0. The van der Waals surface area contributed by atoms with Crippen molar-refractivity contribution in [2.24, 2.45) is 0 Å². The molecule has 0 unspecified atom stereocenters. The van der Waals surface area contributed by atoms with Gasteiger partial charge < -0.3 is 4.90 Å². The highest BCUT2D eigenvalue weighted by Gasteiger charge is 2.29. The first-order chi connectivity index (χ1) is 14.3. The molecule has 0 saturated heterocycles. The number of nitrogens with zero attached hydrogens (tertiary/aromatic N) is 4. The van der Waals surface area contributed by atoms with Crippen LogP contribution in [0.25, 0.3) is 11.0 Å². The van der Waals surface area contributed by atoms with Gasteiger partial charge in [0.05, 0.1) is 15.9 Å². The lowest BCUT2D eigenvalue weighted by atomic mass is 10.2. The summed E-state index contributed by atoms with van der Waals surface area (Å²) in [5.41, 5.74) is 1.87. The molecule has 30 heavy (non-hydrogen) atoms. The number of hydrogen-bond donors (Lipinski definition) is 1. The van der Waals surface area contributed by atoms with Crippen LogP contribution in [-0.2, 0) is 10.0 Å². The second-order valence-electron chi connectivity index (χ2n) is 7.54. The fourth-order valence-corrected chi connectivity index (χ4v) is 4.64. The van der Waals surface area contributed by atoms with Crippen molar-refractivity contribution >= 4 is 38.6 Å². The fraction of sp³-hybridized carbons (Fsp3) is 0.286. The van der Waals surface area contributed by atoms with E-state index in [0.29, 0.717) is 35.8 Å². The summed E-state index contributed by atoms with van der Waals surface area (Å²) in [4.78, 5) is 26.3. The number of hydrogen-bond acceptors (Lipinski definition) is 6. The standard InChI is InChI=1S/C21H23N5O3S/c1-14(2)24-30(28,29)16-10-8-15(9-11-16)21(27)26-13-12-25(3)19-20(26)23-18-7-5-4-6-17(18)22-19/h4-11,14,24H,12-13H2,1-3H3. The van der Waals surface area contributed by atoms with Crippen molar-refractivity contribution in [3.05, 3.63) is 54.1 Å². The maximum Gasteiger partial charge on any atom is 0.259 e. The normalized spacial score (nSPS) is 14.3. The molecule has 2 aromatic carbocycles. The lowest BCUT2D eigenvalue weighted by Crippen LogP contribution is -2.43. The zero-order valence-electron chi connectivity index (χ0n) is 17.0. The number of aromatic nitrogens is 2. The van der Waals surface area contributed by atoms with Gasteiger partial charge >= 0.3 is 0 Å². The number of nitrogens with one attached hydrogen (secondary N) is 1. The lowest BCUT2D eigenvalue weighted by molar-refractivity contribution is 0.0985. The number of carbonyl (C=O) groups excluding carboxylic acids is 1. The molecule has 1 N–H and O–H groups in total. The first-order valence-electron chi connectivity index (χ1n) is 9.68. The van der Waals surface area contributed by atoms with Crippen LogP contribution >= 0.6 is 0 Å². The summed E-state index contributed by atoms with van der Waals surface area (Å²) in [5, 5.41) is 0. The van der Waals surface area contributed by atoms with Gasteiger partial charge in [-0.25, -0.2) is 23.1 Å². The van der Waals surface area contributed by atoms with E-state index >= 15 is 0 Å². The Morgan fingerprint density at radius 3 is 2.17 bits per heavy atom. The minimum atomic E-state index is -3.61. The van der Waals surface area contributed by atoms with Gasteiger partial charge in [-0.1, -0.05) is 12.1 Å². The van der Waals surface area contributed by atoms with E-state index in [9.17, 15) is 13.2 Å². The van der Waals surface area contributed by atoms with Crippen LogP contribution in [-0.4, -0.2) is 50.5 Å². The molecule has 156 valence electrons. The minimum Gasteiger partial charge on any atom is -0.355 e. The maximum absolute atomic E-state index is 13.2. The molecule has 8 nitrogen and oxygen atoms in total. The Hall–Kier alpha value is -3.04. The first kappa shape index (κ1) is 20.2. The van der Waals surface area contributed by atoms with E-state index in [-0.39, 0.29) is 16.8 Å². The van der Waals surface area contributed by atoms with Crippen LogP contribution in [0.15, 0.2) is 53.4 Å². The summed E-state index contributed by atoms with van der Waals surface area (Å²) >= 11 is 0. The molecule has 9 heteroatoms. The molecular formula is C21H23N5O3S. The Morgan fingerprint density at radius 2 is 1.57 bits per heavy atom. The van der Waals surface area contributed by atoms with Crippen molar-refractivity contribution in [2.75, 3.05) is 29.9 Å². The highest BCUT2D eigenvalue weighted by atomic mass is 32.2. The number of carbonyl (C=O) groups is 1. The monoisotopic (exact) mass is 425 g/mol. The summed E-state index contributed by atoms with van der Waals surface area (Å²) in [6.45, 7) is 4.59. The summed E-state index contributed by atoms with van der Waals surface area (Å²) in [7, 11) is -1.69. The molecule has 0 saturated carbocycles. The van der Waals surface area contributed by atoms with Gasteiger partial charge in [-0.15, -0.1) is 0 Å². The van der Waals surface area contributed by atoms with E-state index in [0.717, 1.165) is 5.52 Å². The van der Waals surface area contributed by atoms with Crippen molar-refractivity contribution in [1.29, 1.82) is 0 Å². The zero-order chi connectivity index (χ0) is 21.5. The van der Waals surface area contributed by atoms with Crippen molar-refractivity contribution < 1.29 is 13.2 Å². The maximum atomic E-state index is 13.2. The van der Waals surface area contributed by atoms with Crippen LogP contribution in [0.2, 0.25) is 0 Å². The molecule has 1 aromatic heterocycles. The third-order valence-electron chi connectivity index (χ3n) is 4.86. The smallest absolute Gasteiger partial charge is 0.259 e. The molecule has 1 amide bonds. The fourth-order valence-electron chi connectivity index (χ4n) is 3.39. The number of anilines is 2. The Balaban J connectivity index is 1.68. The van der Waals surface area contributed by atoms with Gasteiger partial charge in [0.1, 0.15) is 0 Å².